The highest BCUT2D eigenvalue weighted by molar-refractivity contribution is 7.88. The highest BCUT2D eigenvalue weighted by Gasteiger charge is 2.24. The molecule has 7 heteroatoms. The zero-order valence-corrected chi connectivity index (χ0v) is 10.8. The lowest BCUT2D eigenvalue weighted by atomic mass is 10.3. The van der Waals surface area contributed by atoms with E-state index < -0.39 is 10.0 Å². The van der Waals surface area contributed by atoms with E-state index in [9.17, 15) is 13.2 Å². The molecule has 1 aliphatic heterocycles. The van der Waals surface area contributed by atoms with Gasteiger partial charge in [0, 0.05) is 40.3 Å². The summed E-state index contributed by atoms with van der Waals surface area (Å²) in [6.07, 6.45) is 1.22. The first-order chi connectivity index (χ1) is 7.30. The van der Waals surface area contributed by atoms with Gasteiger partial charge >= 0.3 is 0 Å². The van der Waals surface area contributed by atoms with Crippen molar-refractivity contribution in [2.75, 3.05) is 53.1 Å². The summed E-state index contributed by atoms with van der Waals surface area (Å²) < 4.78 is 24.0. The molecular weight excluding hydrogens is 230 g/mol. The minimum atomic E-state index is -3.08. The van der Waals surface area contributed by atoms with E-state index in [1.807, 2.05) is 4.90 Å². The van der Waals surface area contributed by atoms with E-state index in [0.29, 0.717) is 32.7 Å². The molecule has 1 rings (SSSR count). The van der Waals surface area contributed by atoms with Crippen LogP contribution in [0.5, 0.6) is 0 Å². The Morgan fingerprint density at radius 3 is 2.06 bits per heavy atom. The molecule has 94 valence electrons. The van der Waals surface area contributed by atoms with E-state index in [1.54, 1.807) is 19.0 Å². The minimum Gasteiger partial charge on any atom is -0.348 e. The van der Waals surface area contributed by atoms with Crippen molar-refractivity contribution in [2.45, 2.75) is 0 Å². The first-order valence-corrected chi connectivity index (χ1v) is 7.03. The summed E-state index contributed by atoms with van der Waals surface area (Å²) in [5.74, 6) is 0.0489. The molecule has 1 amide bonds. The largest absolute Gasteiger partial charge is 0.348 e. The maximum Gasteiger partial charge on any atom is 0.236 e. The van der Waals surface area contributed by atoms with Gasteiger partial charge in [-0.15, -0.1) is 0 Å². The summed E-state index contributed by atoms with van der Waals surface area (Å²) in [5, 5.41) is 0. The highest BCUT2D eigenvalue weighted by Crippen LogP contribution is 2.05. The number of amides is 1. The van der Waals surface area contributed by atoms with Gasteiger partial charge in [-0.05, 0) is 0 Å². The molecule has 0 unspecified atom stereocenters. The van der Waals surface area contributed by atoms with Crippen LogP contribution >= 0.6 is 0 Å². The smallest absolute Gasteiger partial charge is 0.236 e. The van der Waals surface area contributed by atoms with Crippen molar-refractivity contribution in [3.05, 3.63) is 0 Å². The van der Waals surface area contributed by atoms with Gasteiger partial charge in [0.05, 0.1) is 12.8 Å². The van der Waals surface area contributed by atoms with Gasteiger partial charge in [0.1, 0.15) is 0 Å². The third-order valence-corrected chi connectivity index (χ3v) is 3.96. The van der Waals surface area contributed by atoms with Crippen LogP contribution in [0.4, 0.5) is 0 Å². The van der Waals surface area contributed by atoms with Crippen LogP contribution in [0.25, 0.3) is 0 Å². The van der Waals surface area contributed by atoms with E-state index in [4.69, 9.17) is 0 Å². The first kappa shape index (κ1) is 13.4. The summed E-state index contributed by atoms with van der Waals surface area (Å²) in [6.45, 7) is 2.54. The van der Waals surface area contributed by atoms with E-state index in [-0.39, 0.29) is 5.91 Å². The molecule has 0 aromatic carbocycles. The zero-order valence-electron chi connectivity index (χ0n) is 10.0. The molecule has 0 saturated carbocycles. The number of hydrogen-bond donors (Lipinski definition) is 0. The second-order valence-corrected chi connectivity index (χ2v) is 6.21. The molecule has 0 radical (unpaired) electrons. The summed E-state index contributed by atoms with van der Waals surface area (Å²) in [4.78, 5) is 15.0. The number of carbonyl (C=O) groups excluding carboxylic acids is 1. The third kappa shape index (κ3) is 3.73. The van der Waals surface area contributed by atoms with E-state index in [2.05, 4.69) is 0 Å². The normalized spacial score (nSPS) is 19.7. The monoisotopic (exact) mass is 249 g/mol. The fraction of sp³-hybridized carbons (Fsp3) is 0.889. The molecule has 0 atom stereocenters. The van der Waals surface area contributed by atoms with Gasteiger partial charge in [0.2, 0.25) is 15.9 Å². The second-order valence-electron chi connectivity index (χ2n) is 4.23. The second kappa shape index (κ2) is 5.11. The molecule has 1 fully saturated rings. The molecule has 1 saturated heterocycles. The van der Waals surface area contributed by atoms with E-state index >= 15 is 0 Å². The minimum absolute atomic E-state index is 0.0489. The van der Waals surface area contributed by atoms with Crippen molar-refractivity contribution in [1.82, 2.24) is 14.1 Å². The Balaban J connectivity index is 2.41. The molecule has 0 aromatic rings. The maximum absolute atomic E-state index is 11.4. The summed E-state index contributed by atoms with van der Waals surface area (Å²) in [5.41, 5.74) is 0. The molecule has 0 aromatic heterocycles. The fourth-order valence-electron chi connectivity index (χ4n) is 1.55. The standard InChI is InChI=1S/C9H19N3O3S/c1-10(2)9(13)8-11-4-6-12(7-5-11)16(3,14)15/h4-8H2,1-3H3. The average Bonchev–Trinajstić information content (AvgIpc) is 2.17. The first-order valence-electron chi connectivity index (χ1n) is 5.18. The number of rotatable bonds is 3. The molecule has 0 spiro atoms. The molecule has 0 N–H and O–H groups in total. The number of sulfonamides is 1. The lowest BCUT2D eigenvalue weighted by Gasteiger charge is -2.33. The SMILES string of the molecule is CN(C)C(=O)CN1CCN(S(C)(=O)=O)CC1. The Hall–Kier alpha value is -0.660. The van der Waals surface area contributed by atoms with Crippen LogP contribution in [0.3, 0.4) is 0 Å². The Morgan fingerprint density at radius 1 is 1.19 bits per heavy atom. The van der Waals surface area contributed by atoms with Gasteiger partial charge in [-0.1, -0.05) is 0 Å². The van der Waals surface area contributed by atoms with Gasteiger partial charge in [-0.3, -0.25) is 9.69 Å². The topological polar surface area (TPSA) is 60.9 Å². The number of hydrogen-bond acceptors (Lipinski definition) is 4. The van der Waals surface area contributed by atoms with Gasteiger partial charge < -0.3 is 4.90 Å². The van der Waals surface area contributed by atoms with Crippen LogP contribution in [0.15, 0.2) is 0 Å². The summed E-state index contributed by atoms with van der Waals surface area (Å²) in [6, 6.07) is 0. The third-order valence-electron chi connectivity index (χ3n) is 2.66. The Kier molecular flexibility index (Phi) is 4.28. The van der Waals surface area contributed by atoms with Crippen LogP contribution in [0.1, 0.15) is 0 Å². The fourth-order valence-corrected chi connectivity index (χ4v) is 2.38. The van der Waals surface area contributed by atoms with Crippen molar-refractivity contribution in [3.8, 4) is 0 Å². The van der Waals surface area contributed by atoms with Gasteiger partial charge in [-0.25, -0.2) is 8.42 Å². The van der Waals surface area contributed by atoms with E-state index in [0.717, 1.165) is 0 Å². The Labute approximate surface area is 96.9 Å². The van der Waals surface area contributed by atoms with Crippen LogP contribution in [0, 0.1) is 0 Å². The number of piperazine rings is 1. The number of carbonyl (C=O) groups is 1. The van der Waals surface area contributed by atoms with Crippen LogP contribution in [0.2, 0.25) is 0 Å². The summed E-state index contributed by atoms with van der Waals surface area (Å²) in [7, 11) is 0.352. The van der Waals surface area contributed by atoms with Gasteiger partial charge in [-0.2, -0.15) is 4.31 Å². The van der Waals surface area contributed by atoms with Crippen molar-refractivity contribution in [3.63, 3.8) is 0 Å². The van der Waals surface area contributed by atoms with Crippen molar-refractivity contribution < 1.29 is 13.2 Å². The Bertz CT molecular complexity index is 345. The average molecular weight is 249 g/mol. The number of nitrogens with zero attached hydrogens (tertiary/aromatic N) is 3. The van der Waals surface area contributed by atoms with E-state index in [1.165, 1.54) is 10.6 Å². The molecule has 0 aliphatic carbocycles. The molecule has 0 bridgehead atoms. The van der Waals surface area contributed by atoms with Gasteiger partial charge in [0.25, 0.3) is 0 Å². The predicted molar refractivity (Wildman–Crippen MR) is 61.6 cm³/mol. The van der Waals surface area contributed by atoms with Crippen LogP contribution in [-0.2, 0) is 14.8 Å². The predicted octanol–water partition coefficient (Wildman–Crippen LogP) is -1.35. The lowest BCUT2D eigenvalue weighted by Crippen LogP contribution is -2.50. The molecular formula is C9H19N3O3S. The van der Waals surface area contributed by atoms with Gasteiger partial charge in [0.15, 0.2) is 0 Å². The highest BCUT2D eigenvalue weighted by atomic mass is 32.2. The lowest BCUT2D eigenvalue weighted by molar-refractivity contribution is -0.130. The quantitative estimate of drug-likeness (QED) is 0.620. The maximum atomic E-state index is 11.4. The summed E-state index contributed by atoms with van der Waals surface area (Å²) >= 11 is 0. The molecule has 1 heterocycles. The molecule has 6 nitrogen and oxygen atoms in total. The van der Waals surface area contributed by atoms with Crippen molar-refractivity contribution >= 4 is 15.9 Å². The van der Waals surface area contributed by atoms with Crippen molar-refractivity contribution in [1.29, 1.82) is 0 Å². The molecule has 16 heavy (non-hydrogen) atoms. The molecule has 1 aliphatic rings. The Morgan fingerprint density at radius 2 is 1.69 bits per heavy atom. The number of likely N-dealkylation sites (N-methyl/N-ethyl adjacent to an activating group) is 1. The van der Waals surface area contributed by atoms with Crippen LogP contribution < -0.4 is 0 Å². The van der Waals surface area contributed by atoms with Crippen molar-refractivity contribution in [2.24, 2.45) is 0 Å². The zero-order chi connectivity index (χ0) is 12.3. The van der Waals surface area contributed by atoms with Crippen LogP contribution in [-0.4, -0.2) is 81.5 Å².